The molecule has 0 saturated heterocycles. The fourth-order valence-electron chi connectivity index (χ4n) is 1.47. The average Bonchev–Trinajstić information content (AvgIpc) is 2.33. The minimum absolute atomic E-state index is 0.0123. The lowest BCUT2D eigenvalue weighted by molar-refractivity contribution is 0.0697. The Balaban J connectivity index is 2.42. The van der Waals surface area contributed by atoms with Crippen LogP contribution in [0.1, 0.15) is 10.4 Å². The summed E-state index contributed by atoms with van der Waals surface area (Å²) in [4.78, 5) is 14.8. The number of carbonyl (C=O) groups is 1. The summed E-state index contributed by atoms with van der Waals surface area (Å²) in [6.45, 7) is 0. The molecule has 0 fully saturated rings. The molecule has 2 N–H and O–H groups in total. The molecule has 0 spiro atoms. The largest absolute Gasteiger partial charge is 0.478 e. The number of hydrogen-bond donors (Lipinski definition) is 2. The summed E-state index contributed by atoms with van der Waals surface area (Å²) in [6, 6.07) is 4.59. The van der Waals surface area contributed by atoms with Gasteiger partial charge in [-0.15, -0.1) is 0 Å². The maximum atomic E-state index is 13.1. The molecule has 0 radical (unpaired) electrons. The molecule has 1 heterocycles. The van der Waals surface area contributed by atoms with Gasteiger partial charge in [0.2, 0.25) is 0 Å². The Hall–Kier alpha value is -1.56. The highest BCUT2D eigenvalue weighted by molar-refractivity contribution is 6.39. The molecule has 1 aromatic carbocycles. The van der Waals surface area contributed by atoms with E-state index in [2.05, 4.69) is 10.3 Å². The van der Waals surface area contributed by atoms with Gasteiger partial charge in [-0.2, -0.15) is 0 Å². The molecule has 0 atom stereocenters. The first kappa shape index (κ1) is 14.8. The summed E-state index contributed by atoms with van der Waals surface area (Å²) in [5, 5.41) is 11.7. The normalized spacial score (nSPS) is 10.4. The topological polar surface area (TPSA) is 62.2 Å². The number of halogens is 4. The molecular weight excluding hydrogens is 330 g/mol. The zero-order valence-corrected chi connectivity index (χ0v) is 11.9. The van der Waals surface area contributed by atoms with Gasteiger partial charge in [0.25, 0.3) is 0 Å². The molecule has 0 aliphatic rings. The van der Waals surface area contributed by atoms with Crippen molar-refractivity contribution in [2.75, 3.05) is 5.32 Å². The van der Waals surface area contributed by atoms with Crippen LogP contribution in [0.2, 0.25) is 15.2 Å². The number of pyridine rings is 1. The van der Waals surface area contributed by atoms with Crippen molar-refractivity contribution in [2.24, 2.45) is 0 Å². The van der Waals surface area contributed by atoms with Gasteiger partial charge in [0.1, 0.15) is 16.8 Å². The lowest BCUT2D eigenvalue weighted by Crippen LogP contribution is -2.01. The van der Waals surface area contributed by atoms with Gasteiger partial charge in [0, 0.05) is 0 Å². The zero-order chi connectivity index (χ0) is 14.9. The number of nitrogens with one attached hydrogen (secondary N) is 1. The maximum absolute atomic E-state index is 13.1. The van der Waals surface area contributed by atoms with Crippen molar-refractivity contribution in [3.63, 3.8) is 0 Å². The Bertz CT molecular complexity index is 671. The van der Waals surface area contributed by atoms with Crippen molar-refractivity contribution >= 4 is 52.3 Å². The molecule has 0 amide bonds. The van der Waals surface area contributed by atoms with Gasteiger partial charge in [-0.05, 0) is 24.3 Å². The summed E-state index contributed by atoms with van der Waals surface area (Å²) in [5.74, 6) is -1.62. The zero-order valence-electron chi connectivity index (χ0n) is 9.62. The van der Waals surface area contributed by atoms with E-state index in [1.54, 1.807) is 0 Å². The van der Waals surface area contributed by atoms with E-state index in [-0.39, 0.29) is 32.3 Å². The third kappa shape index (κ3) is 3.30. The number of hydrogen-bond acceptors (Lipinski definition) is 3. The minimum atomic E-state index is -1.16. The van der Waals surface area contributed by atoms with Crippen LogP contribution in [0.5, 0.6) is 0 Å². The minimum Gasteiger partial charge on any atom is -0.478 e. The molecular formula is C12H6Cl3FN2O2. The SMILES string of the molecule is O=C(O)c1cc(Cl)nc(Nc2c(Cl)cc(F)cc2Cl)c1. The molecule has 0 aliphatic heterocycles. The Morgan fingerprint density at radius 1 is 1.15 bits per heavy atom. The van der Waals surface area contributed by atoms with E-state index >= 15 is 0 Å². The maximum Gasteiger partial charge on any atom is 0.335 e. The molecule has 2 rings (SSSR count). The smallest absolute Gasteiger partial charge is 0.335 e. The number of carboxylic acid groups (broad SMARTS) is 1. The fraction of sp³-hybridized carbons (Fsp3) is 0. The van der Waals surface area contributed by atoms with E-state index < -0.39 is 11.8 Å². The second kappa shape index (κ2) is 5.83. The fourth-order valence-corrected chi connectivity index (χ4v) is 2.24. The molecule has 0 bridgehead atoms. The summed E-state index contributed by atoms with van der Waals surface area (Å²) in [6.07, 6.45) is 0. The van der Waals surface area contributed by atoms with Gasteiger partial charge in [0.05, 0.1) is 21.3 Å². The molecule has 1 aromatic heterocycles. The van der Waals surface area contributed by atoms with E-state index in [4.69, 9.17) is 39.9 Å². The van der Waals surface area contributed by atoms with E-state index in [1.165, 1.54) is 12.1 Å². The third-order valence-electron chi connectivity index (χ3n) is 2.30. The summed E-state index contributed by atoms with van der Waals surface area (Å²) < 4.78 is 13.1. The van der Waals surface area contributed by atoms with E-state index in [0.29, 0.717) is 0 Å². The van der Waals surface area contributed by atoms with Crippen LogP contribution in [0.15, 0.2) is 24.3 Å². The van der Waals surface area contributed by atoms with Crippen molar-refractivity contribution in [3.8, 4) is 0 Å². The van der Waals surface area contributed by atoms with Gasteiger partial charge < -0.3 is 10.4 Å². The van der Waals surface area contributed by atoms with Crippen LogP contribution in [0.3, 0.4) is 0 Å². The number of carboxylic acids is 1. The first-order valence-electron chi connectivity index (χ1n) is 5.19. The van der Waals surface area contributed by atoms with Gasteiger partial charge in [-0.25, -0.2) is 14.2 Å². The summed E-state index contributed by atoms with van der Waals surface area (Å²) >= 11 is 17.5. The highest BCUT2D eigenvalue weighted by Gasteiger charge is 2.12. The number of benzene rings is 1. The van der Waals surface area contributed by atoms with Crippen LogP contribution in [0.25, 0.3) is 0 Å². The Labute approximate surface area is 128 Å². The first-order valence-corrected chi connectivity index (χ1v) is 6.32. The van der Waals surface area contributed by atoms with Gasteiger partial charge in [-0.1, -0.05) is 34.8 Å². The number of aromatic nitrogens is 1. The Morgan fingerprint density at radius 3 is 2.30 bits per heavy atom. The average molecular weight is 336 g/mol. The van der Waals surface area contributed by atoms with Crippen molar-refractivity contribution in [3.05, 3.63) is 50.8 Å². The molecule has 20 heavy (non-hydrogen) atoms. The number of aromatic carboxylic acids is 1. The molecule has 2 aromatic rings. The van der Waals surface area contributed by atoms with Crippen molar-refractivity contribution < 1.29 is 14.3 Å². The molecule has 8 heteroatoms. The second-order valence-electron chi connectivity index (χ2n) is 3.74. The Morgan fingerprint density at radius 2 is 1.75 bits per heavy atom. The van der Waals surface area contributed by atoms with Gasteiger partial charge in [-0.3, -0.25) is 0 Å². The van der Waals surface area contributed by atoms with Crippen molar-refractivity contribution in [1.82, 2.24) is 4.98 Å². The lowest BCUT2D eigenvalue weighted by atomic mass is 10.2. The van der Waals surface area contributed by atoms with Gasteiger partial charge in [0.15, 0.2) is 0 Å². The molecule has 4 nitrogen and oxygen atoms in total. The lowest BCUT2D eigenvalue weighted by Gasteiger charge is -2.10. The predicted octanol–water partition coefficient (Wildman–Crippen LogP) is 4.62. The first-order chi connectivity index (χ1) is 9.36. The molecule has 0 aliphatic carbocycles. The molecule has 0 unspecified atom stereocenters. The quantitative estimate of drug-likeness (QED) is 0.803. The van der Waals surface area contributed by atoms with Crippen LogP contribution in [0.4, 0.5) is 15.9 Å². The molecule has 104 valence electrons. The van der Waals surface area contributed by atoms with Gasteiger partial charge >= 0.3 is 5.97 Å². The van der Waals surface area contributed by atoms with Crippen LogP contribution < -0.4 is 5.32 Å². The monoisotopic (exact) mass is 334 g/mol. The predicted molar refractivity (Wildman–Crippen MR) is 75.9 cm³/mol. The van der Waals surface area contributed by atoms with Crippen molar-refractivity contribution in [2.45, 2.75) is 0 Å². The van der Waals surface area contributed by atoms with Crippen LogP contribution in [-0.4, -0.2) is 16.1 Å². The third-order valence-corrected chi connectivity index (χ3v) is 3.09. The number of rotatable bonds is 3. The van der Waals surface area contributed by atoms with E-state index in [9.17, 15) is 9.18 Å². The highest BCUT2D eigenvalue weighted by Crippen LogP contribution is 2.33. The van der Waals surface area contributed by atoms with E-state index in [1.807, 2.05) is 0 Å². The number of anilines is 2. The second-order valence-corrected chi connectivity index (χ2v) is 4.94. The van der Waals surface area contributed by atoms with Crippen LogP contribution in [-0.2, 0) is 0 Å². The highest BCUT2D eigenvalue weighted by atomic mass is 35.5. The molecule has 0 saturated carbocycles. The van der Waals surface area contributed by atoms with Crippen LogP contribution in [0, 0.1) is 5.82 Å². The number of nitrogens with zero attached hydrogens (tertiary/aromatic N) is 1. The van der Waals surface area contributed by atoms with Crippen LogP contribution >= 0.6 is 34.8 Å². The standard InChI is InChI=1S/C12H6Cl3FN2O2/c13-7-3-6(16)4-8(14)11(7)18-10-2-5(12(19)20)1-9(15)17-10/h1-4H,(H,17,18)(H,19,20). The summed E-state index contributed by atoms with van der Waals surface area (Å²) in [5.41, 5.74) is 0.155. The van der Waals surface area contributed by atoms with E-state index in [0.717, 1.165) is 12.1 Å². The summed E-state index contributed by atoms with van der Waals surface area (Å²) in [7, 11) is 0. The Kier molecular flexibility index (Phi) is 4.32. The van der Waals surface area contributed by atoms with Crippen molar-refractivity contribution in [1.29, 1.82) is 0 Å².